The van der Waals surface area contributed by atoms with Gasteiger partial charge in [0.15, 0.2) is 0 Å². The van der Waals surface area contributed by atoms with Crippen molar-refractivity contribution in [3.63, 3.8) is 0 Å². The molecule has 0 aliphatic carbocycles. The Hall–Kier alpha value is -1.32. The highest BCUT2D eigenvalue weighted by molar-refractivity contribution is 5.89. The van der Waals surface area contributed by atoms with Gasteiger partial charge < -0.3 is 10.2 Å². The van der Waals surface area contributed by atoms with Crippen molar-refractivity contribution >= 4 is 11.8 Å². The number of hydrogen-bond acceptors (Lipinski definition) is 2. The lowest BCUT2D eigenvalue weighted by Crippen LogP contribution is -2.42. The van der Waals surface area contributed by atoms with Crippen molar-refractivity contribution in [2.24, 2.45) is 0 Å². The fourth-order valence-electron chi connectivity index (χ4n) is 1.61. The Bertz CT molecular complexity index is 274. The van der Waals surface area contributed by atoms with E-state index >= 15 is 0 Å². The highest BCUT2D eigenvalue weighted by Gasteiger charge is 2.25. The highest BCUT2D eigenvalue weighted by Crippen LogP contribution is 2.04. The second-order valence-electron chi connectivity index (χ2n) is 3.72. The first-order valence-electron chi connectivity index (χ1n) is 5.34. The van der Waals surface area contributed by atoms with Gasteiger partial charge in [-0.25, -0.2) is 0 Å². The molecule has 1 aliphatic rings. The smallest absolute Gasteiger partial charge is 0.244 e. The van der Waals surface area contributed by atoms with Crippen molar-refractivity contribution in [3.05, 3.63) is 12.2 Å². The van der Waals surface area contributed by atoms with Crippen LogP contribution in [0.5, 0.6) is 0 Å². The maximum atomic E-state index is 11.8. The molecule has 84 valence electrons. The van der Waals surface area contributed by atoms with Crippen LogP contribution in [0.2, 0.25) is 0 Å². The van der Waals surface area contributed by atoms with Gasteiger partial charge in [0.2, 0.25) is 11.8 Å². The molecule has 1 rings (SSSR count). The number of hydrogen-bond donors (Lipinski definition) is 1. The van der Waals surface area contributed by atoms with E-state index in [-0.39, 0.29) is 17.9 Å². The fourth-order valence-corrected chi connectivity index (χ4v) is 1.61. The van der Waals surface area contributed by atoms with Crippen molar-refractivity contribution in [2.75, 3.05) is 13.1 Å². The van der Waals surface area contributed by atoms with E-state index < -0.39 is 0 Å². The zero-order chi connectivity index (χ0) is 11.3. The van der Waals surface area contributed by atoms with Gasteiger partial charge in [0.05, 0.1) is 0 Å². The zero-order valence-electron chi connectivity index (χ0n) is 9.32. The normalized spacial score (nSPS) is 23.1. The van der Waals surface area contributed by atoms with Crippen LogP contribution in [0.4, 0.5) is 0 Å². The molecular formula is C11H18N2O2. The molecule has 1 saturated heterocycles. The van der Waals surface area contributed by atoms with Crippen molar-refractivity contribution in [2.45, 2.75) is 32.7 Å². The van der Waals surface area contributed by atoms with Crippen molar-refractivity contribution in [1.29, 1.82) is 0 Å². The maximum absolute atomic E-state index is 11.8. The Morgan fingerprint density at radius 2 is 2.27 bits per heavy atom. The van der Waals surface area contributed by atoms with E-state index in [4.69, 9.17) is 0 Å². The summed E-state index contributed by atoms with van der Waals surface area (Å²) in [7, 11) is 0. The monoisotopic (exact) mass is 210 g/mol. The summed E-state index contributed by atoms with van der Waals surface area (Å²) in [4.78, 5) is 24.7. The first kappa shape index (κ1) is 11.8. The number of carbonyl (C=O) groups excluding carboxylic acids is 2. The van der Waals surface area contributed by atoms with Gasteiger partial charge in [-0.1, -0.05) is 12.2 Å². The third-order valence-electron chi connectivity index (χ3n) is 2.47. The summed E-state index contributed by atoms with van der Waals surface area (Å²) in [6.07, 6.45) is 5.25. The van der Waals surface area contributed by atoms with Crippen LogP contribution in [0.15, 0.2) is 12.2 Å². The van der Waals surface area contributed by atoms with Crippen LogP contribution >= 0.6 is 0 Å². The van der Waals surface area contributed by atoms with Crippen LogP contribution in [0, 0.1) is 0 Å². The SMILES string of the molecule is C/C=C/CCN1CCC(=O)NC(C)C1=O. The van der Waals surface area contributed by atoms with Crippen LogP contribution in [0.3, 0.4) is 0 Å². The summed E-state index contributed by atoms with van der Waals surface area (Å²) >= 11 is 0. The van der Waals surface area contributed by atoms with E-state index in [0.29, 0.717) is 19.5 Å². The summed E-state index contributed by atoms with van der Waals surface area (Å²) in [5.41, 5.74) is 0. The highest BCUT2D eigenvalue weighted by atomic mass is 16.2. The summed E-state index contributed by atoms with van der Waals surface area (Å²) in [6.45, 7) is 4.92. The molecule has 1 N–H and O–H groups in total. The molecule has 1 unspecified atom stereocenters. The molecule has 0 aromatic carbocycles. The Morgan fingerprint density at radius 3 is 2.93 bits per heavy atom. The Kier molecular flexibility index (Phi) is 4.34. The lowest BCUT2D eigenvalue weighted by Gasteiger charge is -2.21. The minimum Gasteiger partial charge on any atom is -0.345 e. The Labute approximate surface area is 90.3 Å². The summed E-state index contributed by atoms with van der Waals surface area (Å²) < 4.78 is 0. The van der Waals surface area contributed by atoms with Crippen LogP contribution < -0.4 is 5.32 Å². The second kappa shape index (κ2) is 5.53. The summed E-state index contributed by atoms with van der Waals surface area (Å²) in [5.74, 6) is -0.0188. The summed E-state index contributed by atoms with van der Waals surface area (Å²) in [5, 5.41) is 2.66. The van der Waals surface area contributed by atoms with E-state index in [1.165, 1.54) is 0 Å². The van der Waals surface area contributed by atoms with Crippen LogP contribution in [-0.4, -0.2) is 35.8 Å². The molecule has 1 atom stereocenters. The first-order chi connectivity index (χ1) is 7.15. The number of carbonyl (C=O) groups is 2. The van der Waals surface area contributed by atoms with Gasteiger partial charge in [0.1, 0.15) is 6.04 Å². The molecule has 4 heteroatoms. The zero-order valence-corrected chi connectivity index (χ0v) is 9.32. The molecule has 4 nitrogen and oxygen atoms in total. The van der Waals surface area contributed by atoms with E-state index in [0.717, 1.165) is 6.42 Å². The number of nitrogens with one attached hydrogen (secondary N) is 1. The van der Waals surface area contributed by atoms with Crippen LogP contribution in [-0.2, 0) is 9.59 Å². The molecule has 1 aliphatic heterocycles. The van der Waals surface area contributed by atoms with Gasteiger partial charge in [0.25, 0.3) is 0 Å². The molecule has 2 amide bonds. The lowest BCUT2D eigenvalue weighted by atomic mass is 10.2. The average Bonchev–Trinajstić information content (AvgIpc) is 2.31. The van der Waals surface area contributed by atoms with E-state index in [2.05, 4.69) is 5.32 Å². The van der Waals surface area contributed by atoms with Gasteiger partial charge in [0, 0.05) is 19.5 Å². The van der Waals surface area contributed by atoms with Crippen LogP contribution in [0.1, 0.15) is 26.7 Å². The standard InChI is InChI=1S/C11H18N2O2/c1-3-4-5-7-13-8-6-10(14)12-9(2)11(13)15/h3-4,9H,5-8H2,1-2H3,(H,12,14)/b4-3+. The van der Waals surface area contributed by atoms with Crippen molar-refractivity contribution < 1.29 is 9.59 Å². The molecule has 0 spiro atoms. The quantitative estimate of drug-likeness (QED) is 0.697. The third kappa shape index (κ3) is 3.38. The average molecular weight is 210 g/mol. The fraction of sp³-hybridized carbons (Fsp3) is 0.636. The number of allylic oxidation sites excluding steroid dienone is 1. The first-order valence-corrected chi connectivity index (χ1v) is 5.34. The molecule has 15 heavy (non-hydrogen) atoms. The Morgan fingerprint density at radius 1 is 1.53 bits per heavy atom. The molecule has 1 fully saturated rings. The predicted octanol–water partition coefficient (Wildman–Crippen LogP) is 0.690. The Balaban J connectivity index is 2.54. The minimum absolute atomic E-state index is 0.0188. The van der Waals surface area contributed by atoms with E-state index in [1.807, 2.05) is 19.1 Å². The van der Waals surface area contributed by atoms with E-state index in [9.17, 15) is 9.59 Å². The van der Waals surface area contributed by atoms with Gasteiger partial charge in [-0.3, -0.25) is 9.59 Å². The van der Waals surface area contributed by atoms with Crippen molar-refractivity contribution in [1.82, 2.24) is 10.2 Å². The van der Waals surface area contributed by atoms with Crippen molar-refractivity contribution in [3.8, 4) is 0 Å². The molecule has 0 bridgehead atoms. The topological polar surface area (TPSA) is 49.4 Å². The molecule has 0 aromatic rings. The van der Waals surface area contributed by atoms with E-state index in [1.54, 1.807) is 11.8 Å². The molecule has 0 radical (unpaired) electrons. The largest absolute Gasteiger partial charge is 0.345 e. The third-order valence-corrected chi connectivity index (χ3v) is 2.47. The molecule has 0 saturated carbocycles. The molecular weight excluding hydrogens is 192 g/mol. The summed E-state index contributed by atoms with van der Waals surface area (Å²) in [6, 6.07) is -0.384. The number of rotatable bonds is 3. The predicted molar refractivity (Wildman–Crippen MR) is 58.2 cm³/mol. The number of nitrogens with zero attached hydrogens (tertiary/aromatic N) is 1. The maximum Gasteiger partial charge on any atom is 0.244 e. The second-order valence-corrected chi connectivity index (χ2v) is 3.72. The van der Waals surface area contributed by atoms with Gasteiger partial charge in [-0.15, -0.1) is 0 Å². The molecule has 0 aromatic heterocycles. The molecule has 1 heterocycles. The van der Waals surface area contributed by atoms with Gasteiger partial charge in [-0.05, 0) is 20.3 Å². The van der Waals surface area contributed by atoms with Crippen LogP contribution in [0.25, 0.3) is 0 Å². The number of amides is 2. The van der Waals surface area contributed by atoms with Gasteiger partial charge >= 0.3 is 0 Å². The minimum atomic E-state index is -0.384. The van der Waals surface area contributed by atoms with Gasteiger partial charge in [-0.2, -0.15) is 0 Å². The lowest BCUT2D eigenvalue weighted by molar-refractivity contribution is -0.133.